The molecule has 0 fully saturated rings. The van der Waals surface area contributed by atoms with Crippen molar-refractivity contribution in [3.05, 3.63) is 40.1 Å². The fraction of sp³-hybridized carbons (Fsp3) is 0.500. The highest BCUT2D eigenvalue weighted by molar-refractivity contribution is 5.25. The number of hydrogen-bond acceptors (Lipinski definition) is 4. The van der Waals surface area contributed by atoms with Gasteiger partial charge in [0.15, 0.2) is 0 Å². The molecule has 17 heavy (non-hydrogen) atoms. The Hall–Kier alpha value is -1.33. The summed E-state index contributed by atoms with van der Waals surface area (Å²) in [7, 11) is 3.89. The standard InChI is InChI=1S/C12H18FN3O/c1-16(2)11(7-14)5-9-3-4-10(8-15-17)12(13)6-9/h3-4,6,11H,5,7-8,14H2,1-2H3. The highest BCUT2D eigenvalue weighted by Crippen LogP contribution is 2.14. The van der Waals surface area contributed by atoms with Crippen molar-refractivity contribution in [3.8, 4) is 0 Å². The van der Waals surface area contributed by atoms with Gasteiger partial charge in [0.25, 0.3) is 0 Å². The molecule has 0 aliphatic carbocycles. The van der Waals surface area contributed by atoms with Crippen LogP contribution in [-0.4, -0.2) is 31.6 Å². The summed E-state index contributed by atoms with van der Waals surface area (Å²) in [6.07, 6.45) is 0.690. The van der Waals surface area contributed by atoms with Crippen LogP contribution in [0.25, 0.3) is 0 Å². The highest BCUT2D eigenvalue weighted by atomic mass is 19.1. The molecule has 1 atom stereocenters. The first-order valence-electron chi connectivity index (χ1n) is 5.51. The third-order valence-corrected chi connectivity index (χ3v) is 2.83. The van der Waals surface area contributed by atoms with E-state index in [-0.39, 0.29) is 18.4 Å². The topological polar surface area (TPSA) is 58.7 Å². The number of hydrogen-bond donors (Lipinski definition) is 1. The molecule has 1 rings (SSSR count). The Morgan fingerprint density at radius 3 is 2.65 bits per heavy atom. The van der Waals surface area contributed by atoms with Crippen LogP contribution >= 0.6 is 0 Å². The second kappa shape index (κ2) is 6.42. The van der Waals surface area contributed by atoms with E-state index in [4.69, 9.17) is 5.73 Å². The van der Waals surface area contributed by atoms with Crippen LogP contribution in [0.5, 0.6) is 0 Å². The molecule has 2 N–H and O–H groups in total. The molecule has 0 radical (unpaired) electrons. The van der Waals surface area contributed by atoms with Gasteiger partial charge in [-0.05, 0) is 32.1 Å². The van der Waals surface area contributed by atoms with Gasteiger partial charge in [-0.2, -0.15) is 4.91 Å². The minimum Gasteiger partial charge on any atom is -0.329 e. The molecule has 1 aromatic rings. The van der Waals surface area contributed by atoms with Gasteiger partial charge in [-0.25, -0.2) is 4.39 Å². The van der Waals surface area contributed by atoms with Gasteiger partial charge >= 0.3 is 0 Å². The zero-order valence-electron chi connectivity index (χ0n) is 10.2. The predicted octanol–water partition coefficient (Wildman–Crippen LogP) is 1.52. The lowest BCUT2D eigenvalue weighted by atomic mass is 10.0. The first-order chi connectivity index (χ1) is 8.08. The summed E-state index contributed by atoms with van der Waals surface area (Å²) in [5, 5.41) is 2.68. The van der Waals surface area contributed by atoms with Crippen molar-refractivity contribution in [2.24, 2.45) is 10.9 Å². The second-order valence-electron chi connectivity index (χ2n) is 4.27. The molecule has 1 aromatic carbocycles. The van der Waals surface area contributed by atoms with Gasteiger partial charge in [-0.15, -0.1) is 0 Å². The lowest BCUT2D eigenvalue weighted by Gasteiger charge is -2.22. The number of rotatable bonds is 6. The Kier molecular flexibility index (Phi) is 5.18. The first-order valence-corrected chi connectivity index (χ1v) is 5.51. The van der Waals surface area contributed by atoms with Crippen LogP contribution in [0, 0.1) is 10.7 Å². The third kappa shape index (κ3) is 3.87. The molecule has 0 aliphatic heterocycles. The Labute approximate surface area is 101 Å². The van der Waals surface area contributed by atoms with E-state index in [2.05, 4.69) is 5.18 Å². The molecule has 0 heterocycles. The van der Waals surface area contributed by atoms with E-state index in [1.807, 2.05) is 25.1 Å². The van der Waals surface area contributed by atoms with Crippen LogP contribution in [0.3, 0.4) is 0 Å². The van der Waals surface area contributed by atoms with E-state index in [9.17, 15) is 9.30 Å². The largest absolute Gasteiger partial charge is 0.329 e. The van der Waals surface area contributed by atoms with E-state index in [0.29, 0.717) is 18.5 Å². The van der Waals surface area contributed by atoms with Crippen molar-refractivity contribution in [2.45, 2.75) is 19.0 Å². The van der Waals surface area contributed by atoms with Gasteiger partial charge in [-0.1, -0.05) is 17.3 Å². The maximum absolute atomic E-state index is 13.5. The Bertz CT molecular complexity index is 382. The average molecular weight is 239 g/mol. The van der Waals surface area contributed by atoms with Gasteiger partial charge in [-0.3, -0.25) is 0 Å². The molecule has 0 saturated heterocycles. The molecule has 0 spiro atoms. The van der Waals surface area contributed by atoms with Gasteiger partial charge in [0, 0.05) is 18.2 Å². The zero-order chi connectivity index (χ0) is 12.8. The summed E-state index contributed by atoms with van der Waals surface area (Å²) in [6, 6.07) is 5.06. The monoisotopic (exact) mass is 239 g/mol. The molecule has 0 bridgehead atoms. The fourth-order valence-electron chi connectivity index (χ4n) is 1.66. The molecule has 4 nitrogen and oxygen atoms in total. The Morgan fingerprint density at radius 2 is 2.18 bits per heavy atom. The quantitative estimate of drug-likeness (QED) is 0.766. The number of halogens is 1. The Balaban J connectivity index is 2.79. The van der Waals surface area contributed by atoms with Crippen molar-refractivity contribution >= 4 is 0 Å². The van der Waals surface area contributed by atoms with E-state index >= 15 is 0 Å². The van der Waals surface area contributed by atoms with Crippen molar-refractivity contribution in [2.75, 3.05) is 20.6 Å². The van der Waals surface area contributed by atoms with Crippen molar-refractivity contribution in [1.29, 1.82) is 0 Å². The van der Waals surface area contributed by atoms with Gasteiger partial charge in [0.2, 0.25) is 0 Å². The summed E-state index contributed by atoms with van der Waals surface area (Å²) in [5.74, 6) is -0.378. The fourth-order valence-corrected chi connectivity index (χ4v) is 1.66. The number of nitroso groups, excluding NO2 is 1. The maximum atomic E-state index is 13.5. The minimum atomic E-state index is -0.378. The van der Waals surface area contributed by atoms with E-state index in [1.54, 1.807) is 6.07 Å². The summed E-state index contributed by atoms with van der Waals surface area (Å²) in [6.45, 7) is 0.395. The smallest absolute Gasteiger partial charge is 0.128 e. The summed E-state index contributed by atoms with van der Waals surface area (Å²) < 4.78 is 13.5. The van der Waals surface area contributed by atoms with Crippen molar-refractivity contribution < 1.29 is 4.39 Å². The normalized spacial score (nSPS) is 12.8. The van der Waals surface area contributed by atoms with Crippen LogP contribution in [0.4, 0.5) is 4.39 Å². The molecule has 94 valence electrons. The lowest BCUT2D eigenvalue weighted by molar-refractivity contribution is 0.297. The summed E-state index contributed by atoms with van der Waals surface area (Å²) in [5.41, 5.74) is 6.85. The van der Waals surface area contributed by atoms with E-state index < -0.39 is 0 Å². The SMILES string of the molecule is CN(C)C(CN)Cc1ccc(CN=O)c(F)c1. The Morgan fingerprint density at radius 1 is 1.47 bits per heavy atom. The van der Waals surface area contributed by atoms with Gasteiger partial charge < -0.3 is 10.6 Å². The summed E-state index contributed by atoms with van der Waals surface area (Å²) >= 11 is 0. The lowest BCUT2D eigenvalue weighted by Crippen LogP contribution is -2.36. The molecule has 0 aromatic heterocycles. The number of nitrogens with zero attached hydrogens (tertiary/aromatic N) is 2. The minimum absolute atomic E-state index is 0.125. The molecular formula is C12H18FN3O. The number of benzene rings is 1. The number of nitrogens with two attached hydrogens (primary N) is 1. The van der Waals surface area contributed by atoms with Crippen molar-refractivity contribution in [1.82, 2.24) is 4.90 Å². The molecule has 5 heteroatoms. The molecule has 0 amide bonds. The molecule has 1 unspecified atom stereocenters. The molecular weight excluding hydrogens is 221 g/mol. The second-order valence-corrected chi connectivity index (χ2v) is 4.27. The highest BCUT2D eigenvalue weighted by Gasteiger charge is 2.11. The van der Waals surface area contributed by atoms with E-state index in [0.717, 1.165) is 5.56 Å². The van der Waals surface area contributed by atoms with Gasteiger partial charge in [0.1, 0.15) is 12.4 Å². The predicted molar refractivity (Wildman–Crippen MR) is 66.1 cm³/mol. The van der Waals surface area contributed by atoms with Crippen LogP contribution < -0.4 is 5.73 Å². The third-order valence-electron chi connectivity index (χ3n) is 2.83. The maximum Gasteiger partial charge on any atom is 0.128 e. The average Bonchev–Trinajstić information content (AvgIpc) is 2.29. The first kappa shape index (κ1) is 13.7. The van der Waals surface area contributed by atoms with Crippen LogP contribution in [0.2, 0.25) is 0 Å². The van der Waals surface area contributed by atoms with Gasteiger partial charge in [0.05, 0.1) is 0 Å². The summed E-state index contributed by atoms with van der Waals surface area (Å²) in [4.78, 5) is 12.1. The van der Waals surface area contributed by atoms with Crippen molar-refractivity contribution in [3.63, 3.8) is 0 Å². The number of likely N-dealkylation sites (N-methyl/N-ethyl adjacent to an activating group) is 1. The zero-order valence-corrected chi connectivity index (χ0v) is 10.2. The van der Waals surface area contributed by atoms with Crippen LogP contribution in [0.15, 0.2) is 23.4 Å². The van der Waals surface area contributed by atoms with E-state index in [1.165, 1.54) is 6.07 Å². The van der Waals surface area contributed by atoms with Crippen LogP contribution in [-0.2, 0) is 13.0 Å². The molecule has 0 saturated carbocycles. The molecule has 0 aliphatic rings. The van der Waals surface area contributed by atoms with Crippen LogP contribution in [0.1, 0.15) is 11.1 Å².